The Morgan fingerprint density at radius 1 is 0.923 bits per heavy atom. The molecule has 0 heterocycles. The van der Waals surface area contributed by atoms with Crippen molar-refractivity contribution in [3.05, 3.63) is 60.2 Å². The number of carbonyl (C=O) groups excluding carboxylic acids is 2. The van der Waals surface area contributed by atoms with Crippen LogP contribution in [0.1, 0.15) is 26.3 Å². The summed E-state index contributed by atoms with van der Waals surface area (Å²) in [7, 11) is 0. The van der Waals surface area contributed by atoms with Gasteiger partial charge in [0.05, 0.1) is 0 Å². The van der Waals surface area contributed by atoms with Gasteiger partial charge in [0, 0.05) is 17.1 Å². The fourth-order valence-corrected chi connectivity index (χ4v) is 2.71. The topological polar surface area (TPSA) is 82.1 Å². The van der Waals surface area contributed by atoms with Crippen LogP contribution in [0.5, 0.6) is 0 Å². The molecule has 1 atom stereocenters. The molecule has 5 nitrogen and oxygen atoms in total. The van der Waals surface area contributed by atoms with E-state index in [-0.39, 0.29) is 5.71 Å². The molecule has 0 aliphatic heterocycles. The van der Waals surface area contributed by atoms with Gasteiger partial charge < -0.3 is 16.0 Å². The van der Waals surface area contributed by atoms with E-state index in [0.29, 0.717) is 17.3 Å². The molecule has 2 aromatic carbocycles. The summed E-state index contributed by atoms with van der Waals surface area (Å²) in [5.41, 5.74) is 2.34. The third-order valence-electron chi connectivity index (χ3n) is 3.84. The molecule has 3 N–H and O–H groups in total. The SMILES string of the molecule is CC(=N)C(C(=O)Nc1ccccc1)C(=O)Nc1cccc(CC(C)C)c1. The second-order valence-corrected chi connectivity index (χ2v) is 6.76. The van der Waals surface area contributed by atoms with Gasteiger partial charge in [-0.05, 0) is 49.1 Å². The van der Waals surface area contributed by atoms with Crippen molar-refractivity contribution >= 4 is 28.9 Å². The van der Waals surface area contributed by atoms with Crippen LogP contribution >= 0.6 is 0 Å². The van der Waals surface area contributed by atoms with Crippen molar-refractivity contribution in [1.29, 1.82) is 5.41 Å². The summed E-state index contributed by atoms with van der Waals surface area (Å²) in [6, 6.07) is 16.5. The number of rotatable bonds is 7. The summed E-state index contributed by atoms with van der Waals surface area (Å²) in [6.45, 7) is 5.73. The van der Waals surface area contributed by atoms with Crippen LogP contribution in [0, 0.1) is 17.2 Å². The van der Waals surface area contributed by atoms with Gasteiger partial charge in [-0.25, -0.2) is 0 Å². The monoisotopic (exact) mass is 351 g/mol. The van der Waals surface area contributed by atoms with E-state index >= 15 is 0 Å². The van der Waals surface area contributed by atoms with Gasteiger partial charge in [-0.1, -0.05) is 44.2 Å². The lowest BCUT2D eigenvalue weighted by Gasteiger charge is -2.16. The van der Waals surface area contributed by atoms with Crippen LogP contribution in [0.2, 0.25) is 0 Å². The zero-order valence-electron chi connectivity index (χ0n) is 15.4. The molecule has 2 amide bonds. The molecular weight excluding hydrogens is 326 g/mol. The molecule has 2 aromatic rings. The third-order valence-corrected chi connectivity index (χ3v) is 3.84. The summed E-state index contributed by atoms with van der Waals surface area (Å²) in [5, 5.41) is 13.3. The Labute approximate surface area is 154 Å². The summed E-state index contributed by atoms with van der Waals surface area (Å²) < 4.78 is 0. The fourth-order valence-electron chi connectivity index (χ4n) is 2.71. The van der Waals surface area contributed by atoms with Gasteiger partial charge in [0.2, 0.25) is 11.8 Å². The quantitative estimate of drug-likeness (QED) is 0.518. The van der Waals surface area contributed by atoms with E-state index in [0.717, 1.165) is 12.0 Å². The van der Waals surface area contributed by atoms with Crippen LogP contribution in [-0.2, 0) is 16.0 Å². The maximum Gasteiger partial charge on any atom is 0.242 e. The number of carbonyl (C=O) groups is 2. The minimum absolute atomic E-state index is 0.00531. The third kappa shape index (κ3) is 5.55. The average molecular weight is 351 g/mol. The standard InChI is InChI=1S/C21H25N3O2/c1-14(2)12-16-8-7-11-18(13-16)24-21(26)19(15(3)22)20(25)23-17-9-5-4-6-10-17/h4-11,13-14,19,22H,12H2,1-3H3,(H,23,25)(H,24,26). The van der Waals surface area contributed by atoms with Crippen molar-refractivity contribution < 1.29 is 9.59 Å². The number of hydrogen-bond donors (Lipinski definition) is 3. The molecule has 1 unspecified atom stereocenters. The van der Waals surface area contributed by atoms with E-state index in [4.69, 9.17) is 5.41 Å². The van der Waals surface area contributed by atoms with Crippen LogP contribution in [0.4, 0.5) is 11.4 Å². The first-order chi connectivity index (χ1) is 12.4. The highest BCUT2D eigenvalue weighted by Crippen LogP contribution is 2.16. The fraction of sp³-hybridized carbons (Fsp3) is 0.286. The first-order valence-corrected chi connectivity index (χ1v) is 8.67. The number of anilines is 2. The Bertz CT molecular complexity index is 785. The van der Waals surface area contributed by atoms with E-state index in [1.54, 1.807) is 30.3 Å². The van der Waals surface area contributed by atoms with Crippen LogP contribution in [0.15, 0.2) is 54.6 Å². The average Bonchev–Trinajstić information content (AvgIpc) is 2.55. The first kappa shape index (κ1) is 19.4. The van der Waals surface area contributed by atoms with Gasteiger partial charge in [0.15, 0.2) is 5.92 Å². The summed E-state index contributed by atoms with van der Waals surface area (Å²) in [6.07, 6.45) is 0.908. The summed E-state index contributed by atoms with van der Waals surface area (Å²) >= 11 is 0. The Balaban J connectivity index is 2.11. The highest BCUT2D eigenvalue weighted by molar-refractivity contribution is 6.24. The van der Waals surface area contributed by atoms with Gasteiger partial charge in [-0.3, -0.25) is 9.59 Å². The lowest BCUT2D eigenvalue weighted by Crippen LogP contribution is -2.38. The van der Waals surface area contributed by atoms with Crippen molar-refractivity contribution in [2.75, 3.05) is 10.6 Å². The molecule has 0 spiro atoms. The smallest absolute Gasteiger partial charge is 0.242 e. The van der Waals surface area contributed by atoms with Crippen LogP contribution in [0.3, 0.4) is 0 Å². The zero-order chi connectivity index (χ0) is 19.1. The van der Waals surface area contributed by atoms with Crippen LogP contribution in [-0.4, -0.2) is 17.5 Å². The number of benzene rings is 2. The largest absolute Gasteiger partial charge is 0.325 e. The van der Waals surface area contributed by atoms with Gasteiger partial charge >= 0.3 is 0 Å². The molecule has 0 bridgehead atoms. The molecule has 0 fully saturated rings. The number of nitrogens with one attached hydrogen (secondary N) is 3. The predicted octanol–water partition coefficient (Wildman–Crippen LogP) is 4.12. The highest BCUT2D eigenvalue weighted by atomic mass is 16.2. The van der Waals surface area contributed by atoms with Crippen molar-refractivity contribution in [2.45, 2.75) is 27.2 Å². The zero-order valence-corrected chi connectivity index (χ0v) is 15.4. The second kappa shape index (κ2) is 8.94. The number of hydrogen-bond acceptors (Lipinski definition) is 3. The van der Waals surface area contributed by atoms with Gasteiger partial charge in [0.25, 0.3) is 0 Å². The second-order valence-electron chi connectivity index (χ2n) is 6.76. The van der Waals surface area contributed by atoms with Crippen molar-refractivity contribution in [1.82, 2.24) is 0 Å². The Kier molecular flexibility index (Phi) is 6.67. The normalized spacial score (nSPS) is 11.7. The molecule has 0 radical (unpaired) electrons. The highest BCUT2D eigenvalue weighted by Gasteiger charge is 2.29. The maximum absolute atomic E-state index is 12.6. The molecule has 0 aliphatic carbocycles. The van der Waals surface area contributed by atoms with Crippen LogP contribution in [0.25, 0.3) is 0 Å². The van der Waals surface area contributed by atoms with E-state index in [9.17, 15) is 9.59 Å². The van der Waals surface area contributed by atoms with Crippen LogP contribution < -0.4 is 10.6 Å². The molecular formula is C21H25N3O2. The first-order valence-electron chi connectivity index (χ1n) is 8.67. The molecule has 0 saturated carbocycles. The molecule has 0 aromatic heterocycles. The summed E-state index contributed by atoms with van der Waals surface area (Å²) in [5.74, 6) is -1.69. The molecule has 2 rings (SSSR count). The van der Waals surface area contributed by atoms with E-state index in [1.807, 2.05) is 24.3 Å². The number of amides is 2. The van der Waals surface area contributed by atoms with Gasteiger partial charge in [-0.2, -0.15) is 0 Å². The van der Waals surface area contributed by atoms with E-state index in [2.05, 4.69) is 24.5 Å². The minimum Gasteiger partial charge on any atom is -0.325 e. The Morgan fingerprint density at radius 3 is 2.08 bits per heavy atom. The molecule has 0 saturated heterocycles. The summed E-state index contributed by atoms with van der Waals surface area (Å²) in [4.78, 5) is 25.1. The van der Waals surface area contributed by atoms with E-state index in [1.165, 1.54) is 6.92 Å². The molecule has 0 aliphatic rings. The lowest BCUT2D eigenvalue weighted by atomic mass is 10.0. The molecule has 5 heteroatoms. The van der Waals surface area contributed by atoms with E-state index < -0.39 is 17.7 Å². The van der Waals surface area contributed by atoms with Gasteiger partial charge in [-0.15, -0.1) is 0 Å². The molecule has 136 valence electrons. The van der Waals surface area contributed by atoms with Crippen molar-refractivity contribution in [3.63, 3.8) is 0 Å². The van der Waals surface area contributed by atoms with Crippen molar-refractivity contribution in [2.24, 2.45) is 11.8 Å². The van der Waals surface area contributed by atoms with Gasteiger partial charge in [0.1, 0.15) is 0 Å². The predicted molar refractivity (Wildman–Crippen MR) is 106 cm³/mol. The molecule has 26 heavy (non-hydrogen) atoms. The van der Waals surface area contributed by atoms with Crippen molar-refractivity contribution in [3.8, 4) is 0 Å². The number of para-hydroxylation sites is 1. The lowest BCUT2D eigenvalue weighted by molar-refractivity contribution is -0.126. The Morgan fingerprint density at radius 2 is 1.50 bits per heavy atom. The Hall–Kier alpha value is -2.95. The minimum atomic E-state index is -1.18. The maximum atomic E-state index is 12.6.